The maximum absolute atomic E-state index is 12.2. The summed E-state index contributed by atoms with van der Waals surface area (Å²) in [6, 6.07) is 0. The number of hydrogen-bond donors (Lipinski definition) is 1. The summed E-state index contributed by atoms with van der Waals surface area (Å²) in [6.45, 7) is 5.14. The fourth-order valence-electron chi connectivity index (χ4n) is 3.50. The fraction of sp³-hybridized carbons (Fsp3) is 0.769. The molecule has 2 aliphatic carbocycles. The number of ketones is 1. The summed E-state index contributed by atoms with van der Waals surface area (Å²) in [6.07, 6.45) is -1.86. The minimum absolute atomic E-state index is 0.246. The molecule has 6 heteroatoms. The van der Waals surface area contributed by atoms with Crippen LogP contribution in [0.4, 0.5) is 0 Å². The first-order valence-corrected chi connectivity index (χ1v) is 6.37. The summed E-state index contributed by atoms with van der Waals surface area (Å²) in [4.78, 5) is 36.0. The van der Waals surface area contributed by atoms with Crippen molar-refractivity contribution in [2.45, 2.75) is 38.6 Å². The Bertz CT molecular complexity index is 476. The fourth-order valence-corrected chi connectivity index (χ4v) is 3.50. The average Bonchev–Trinajstić information content (AvgIpc) is 2.77. The number of carbonyl (C=O) groups excluding carboxylic acids is 3. The number of fused-ring (bicyclic) bond motifs is 1. The second-order valence-corrected chi connectivity index (χ2v) is 6.43. The Labute approximate surface area is 110 Å². The van der Waals surface area contributed by atoms with Crippen LogP contribution in [0.3, 0.4) is 0 Å². The molecule has 0 aromatic carbocycles. The van der Waals surface area contributed by atoms with Gasteiger partial charge in [-0.2, -0.15) is 0 Å². The van der Waals surface area contributed by atoms with E-state index in [9.17, 15) is 19.5 Å². The maximum Gasteiger partial charge on any atom is 0.311 e. The molecule has 104 valence electrons. The Morgan fingerprint density at radius 2 is 1.84 bits per heavy atom. The highest BCUT2D eigenvalue weighted by Crippen LogP contribution is 2.56. The normalized spacial score (nSPS) is 43.6. The van der Waals surface area contributed by atoms with E-state index in [2.05, 4.69) is 0 Å². The van der Waals surface area contributed by atoms with Gasteiger partial charge in [-0.25, -0.2) is 0 Å². The van der Waals surface area contributed by atoms with Crippen molar-refractivity contribution >= 4 is 17.7 Å². The molecule has 6 unspecified atom stereocenters. The van der Waals surface area contributed by atoms with E-state index in [0.717, 1.165) is 0 Å². The van der Waals surface area contributed by atoms with Gasteiger partial charge in [-0.15, -0.1) is 0 Å². The standard InChI is InChI=1S/C13H16O6/c1-13(2,3)19-12(17)4-5-7-8(14)6(4)9(15)10(7)18-11(5)16/h4-7,9-10,15H,1-3H3. The van der Waals surface area contributed by atoms with E-state index in [0.29, 0.717) is 0 Å². The van der Waals surface area contributed by atoms with Gasteiger partial charge in [-0.05, 0) is 20.8 Å². The summed E-state index contributed by atoms with van der Waals surface area (Å²) in [5.41, 5.74) is -0.700. The van der Waals surface area contributed by atoms with Gasteiger partial charge in [-0.1, -0.05) is 0 Å². The third-order valence-corrected chi connectivity index (χ3v) is 4.08. The molecule has 3 aliphatic rings. The molecular formula is C13H16O6. The highest BCUT2D eigenvalue weighted by atomic mass is 16.6. The zero-order valence-corrected chi connectivity index (χ0v) is 11.0. The van der Waals surface area contributed by atoms with Crippen molar-refractivity contribution in [3.8, 4) is 0 Å². The second kappa shape index (κ2) is 3.56. The van der Waals surface area contributed by atoms with Crippen molar-refractivity contribution in [1.29, 1.82) is 0 Å². The molecule has 0 spiro atoms. The molecule has 2 bridgehead atoms. The van der Waals surface area contributed by atoms with Crippen LogP contribution in [0.2, 0.25) is 0 Å². The number of ether oxygens (including phenoxy) is 2. The Balaban J connectivity index is 1.93. The van der Waals surface area contributed by atoms with Gasteiger partial charge in [0.25, 0.3) is 0 Å². The lowest BCUT2D eigenvalue weighted by Crippen LogP contribution is -2.43. The van der Waals surface area contributed by atoms with E-state index in [1.54, 1.807) is 20.8 Å². The topological polar surface area (TPSA) is 89.9 Å². The maximum atomic E-state index is 12.2. The zero-order chi connectivity index (χ0) is 14.1. The smallest absolute Gasteiger partial charge is 0.311 e. The van der Waals surface area contributed by atoms with Crippen LogP contribution in [0.5, 0.6) is 0 Å². The molecule has 0 amide bonds. The third kappa shape index (κ3) is 1.55. The lowest BCUT2D eigenvalue weighted by Gasteiger charge is -2.28. The Kier molecular flexibility index (Phi) is 2.36. The molecule has 3 fully saturated rings. The Morgan fingerprint density at radius 1 is 1.21 bits per heavy atom. The largest absolute Gasteiger partial charge is 0.460 e. The van der Waals surface area contributed by atoms with E-state index in [1.807, 2.05) is 0 Å². The Morgan fingerprint density at radius 3 is 2.42 bits per heavy atom. The Hall–Kier alpha value is -1.43. The number of carbonyl (C=O) groups is 3. The van der Waals surface area contributed by atoms with Crippen LogP contribution in [0.25, 0.3) is 0 Å². The first-order chi connectivity index (χ1) is 8.72. The molecule has 3 rings (SSSR count). The monoisotopic (exact) mass is 268 g/mol. The number of esters is 2. The summed E-state index contributed by atoms with van der Waals surface area (Å²) in [5, 5.41) is 10.0. The quantitative estimate of drug-likeness (QED) is 0.655. The van der Waals surface area contributed by atoms with Gasteiger partial charge in [0.15, 0.2) is 0 Å². The van der Waals surface area contributed by atoms with Crippen LogP contribution in [-0.4, -0.2) is 40.6 Å². The summed E-state index contributed by atoms with van der Waals surface area (Å²) in [7, 11) is 0. The number of Topliss-reactive ketones (excluding diaryl/α,β-unsaturated/α-hetero) is 1. The highest BCUT2D eigenvalue weighted by molar-refractivity contribution is 6.03. The molecule has 0 aromatic heterocycles. The van der Waals surface area contributed by atoms with Gasteiger partial charge in [-0.3, -0.25) is 14.4 Å². The van der Waals surface area contributed by atoms with Crippen molar-refractivity contribution in [2.24, 2.45) is 23.7 Å². The van der Waals surface area contributed by atoms with E-state index in [1.165, 1.54) is 0 Å². The third-order valence-electron chi connectivity index (χ3n) is 4.08. The predicted molar refractivity (Wildman–Crippen MR) is 60.7 cm³/mol. The summed E-state index contributed by atoms with van der Waals surface area (Å²) < 4.78 is 10.3. The number of hydrogen-bond acceptors (Lipinski definition) is 6. The van der Waals surface area contributed by atoms with Gasteiger partial charge in [0.2, 0.25) is 0 Å². The van der Waals surface area contributed by atoms with Crippen molar-refractivity contribution in [1.82, 2.24) is 0 Å². The van der Waals surface area contributed by atoms with Crippen molar-refractivity contribution in [3.05, 3.63) is 0 Å². The molecule has 19 heavy (non-hydrogen) atoms. The van der Waals surface area contributed by atoms with E-state index >= 15 is 0 Å². The van der Waals surface area contributed by atoms with Gasteiger partial charge >= 0.3 is 11.9 Å². The SMILES string of the molecule is CC(C)(C)OC(=O)C1C2C(=O)C3C(OC(=O)C31)C2O. The first kappa shape index (κ1) is 12.6. The molecule has 1 saturated heterocycles. The summed E-state index contributed by atoms with van der Waals surface area (Å²) in [5.74, 6) is -4.64. The number of aliphatic hydroxyl groups is 1. The number of rotatable bonds is 1. The van der Waals surface area contributed by atoms with Crippen molar-refractivity contribution in [3.63, 3.8) is 0 Å². The average molecular weight is 268 g/mol. The predicted octanol–water partition coefficient (Wildman–Crippen LogP) is -0.325. The van der Waals surface area contributed by atoms with Gasteiger partial charge < -0.3 is 14.6 Å². The minimum atomic E-state index is -1.09. The molecule has 6 nitrogen and oxygen atoms in total. The van der Waals surface area contributed by atoms with Gasteiger partial charge in [0.05, 0.1) is 23.7 Å². The lowest BCUT2D eigenvalue weighted by molar-refractivity contribution is -0.167. The molecule has 1 aliphatic heterocycles. The number of aliphatic hydroxyl groups excluding tert-OH is 1. The lowest BCUT2D eigenvalue weighted by atomic mass is 9.78. The highest BCUT2D eigenvalue weighted by Gasteiger charge is 2.73. The van der Waals surface area contributed by atoms with Crippen LogP contribution >= 0.6 is 0 Å². The van der Waals surface area contributed by atoms with Gasteiger partial charge in [0, 0.05) is 0 Å². The van der Waals surface area contributed by atoms with Crippen LogP contribution in [0.1, 0.15) is 20.8 Å². The van der Waals surface area contributed by atoms with E-state index < -0.39 is 53.4 Å². The molecule has 2 saturated carbocycles. The minimum Gasteiger partial charge on any atom is -0.460 e. The molecule has 6 atom stereocenters. The van der Waals surface area contributed by atoms with Crippen LogP contribution in [-0.2, 0) is 23.9 Å². The van der Waals surface area contributed by atoms with Crippen molar-refractivity contribution < 1.29 is 29.0 Å². The van der Waals surface area contributed by atoms with E-state index in [4.69, 9.17) is 9.47 Å². The summed E-state index contributed by atoms with van der Waals surface area (Å²) >= 11 is 0. The molecular weight excluding hydrogens is 252 g/mol. The molecule has 0 radical (unpaired) electrons. The van der Waals surface area contributed by atoms with E-state index in [-0.39, 0.29) is 5.78 Å². The second-order valence-electron chi connectivity index (χ2n) is 6.43. The molecule has 1 N–H and O–H groups in total. The zero-order valence-electron chi connectivity index (χ0n) is 11.0. The van der Waals surface area contributed by atoms with Crippen LogP contribution < -0.4 is 0 Å². The van der Waals surface area contributed by atoms with Crippen LogP contribution in [0.15, 0.2) is 0 Å². The van der Waals surface area contributed by atoms with Gasteiger partial charge in [0.1, 0.15) is 23.6 Å². The van der Waals surface area contributed by atoms with Crippen LogP contribution in [0, 0.1) is 23.7 Å². The molecule has 0 aromatic rings. The first-order valence-electron chi connectivity index (χ1n) is 6.37. The van der Waals surface area contributed by atoms with Crippen molar-refractivity contribution in [2.75, 3.05) is 0 Å². The molecule has 1 heterocycles.